The smallest absolute Gasteiger partial charge is 0.144 e. The van der Waals surface area contributed by atoms with E-state index in [1.165, 1.54) is 25.7 Å². The topological polar surface area (TPSA) is 37.8 Å². The molecule has 1 heterocycles. The fourth-order valence-electron chi connectivity index (χ4n) is 2.05. The summed E-state index contributed by atoms with van der Waals surface area (Å²) >= 11 is 3.45. The third kappa shape index (κ3) is 2.48. The predicted molar refractivity (Wildman–Crippen MR) is 65.1 cm³/mol. The Labute approximate surface area is 98.8 Å². The molecule has 82 valence electrons. The molecule has 0 unspecified atom stereocenters. The molecule has 1 aliphatic rings. The zero-order valence-electron chi connectivity index (χ0n) is 8.96. The molecule has 1 N–H and O–H groups in total. The monoisotopic (exact) mass is 269 g/mol. The fourth-order valence-corrected chi connectivity index (χ4v) is 2.38. The van der Waals surface area contributed by atoms with Crippen molar-refractivity contribution in [3.63, 3.8) is 0 Å². The number of rotatable bonds is 3. The van der Waals surface area contributed by atoms with Crippen molar-refractivity contribution in [2.75, 3.05) is 11.9 Å². The van der Waals surface area contributed by atoms with Crippen LogP contribution >= 0.6 is 15.9 Å². The lowest BCUT2D eigenvalue weighted by Gasteiger charge is -2.10. The van der Waals surface area contributed by atoms with Crippen molar-refractivity contribution >= 4 is 21.7 Å². The quantitative estimate of drug-likeness (QED) is 0.915. The van der Waals surface area contributed by atoms with Crippen LogP contribution in [-0.4, -0.2) is 16.5 Å². The fraction of sp³-hybridized carbons (Fsp3) is 0.636. The number of aromatic nitrogens is 2. The van der Waals surface area contributed by atoms with Crippen molar-refractivity contribution in [1.29, 1.82) is 0 Å². The van der Waals surface area contributed by atoms with Gasteiger partial charge in [-0.2, -0.15) is 0 Å². The summed E-state index contributed by atoms with van der Waals surface area (Å²) in [5.41, 5.74) is 0. The molecule has 3 nitrogen and oxygen atoms in total. The summed E-state index contributed by atoms with van der Waals surface area (Å²) in [4.78, 5) is 8.98. The van der Waals surface area contributed by atoms with E-state index in [1.54, 1.807) is 0 Å². The Morgan fingerprint density at radius 3 is 2.87 bits per heavy atom. The average Bonchev–Trinajstić information content (AvgIpc) is 2.75. The highest BCUT2D eigenvalue weighted by Gasteiger charge is 2.20. The molecule has 0 radical (unpaired) electrons. The van der Waals surface area contributed by atoms with E-state index in [4.69, 9.17) is 0 Å². The molecule has 1 aromatic heterocycles. The van der Waals surface area contributed by atoms with E-state index in [-0.39, 0.29) is 0 Å². The third-order valence-electron chi connectivity index (χ3n) is 2.83. The van der Waals surface area contributed by atoms with Gasteiger partial charge in [-0.05, 0) is 35.7 Å². The molecule has 1 saturated carbocycles. The summed E-state index contributed by atoms with van der Waals surface area (Å²) in [5, 5.41) is 3.24. The van der Waals surface area contributed by atoms with Crippen LogP contribution in [0.15, 0.2) is 10.7 Å². The van der Waals surface area contributed by atoms with Crippen LogP contribution in [0, 0.1) is 0 Å². The summed E-state index contributed by atoms with van der Waals surface area (Å²) in [5.74, 6) is 2.51. The van der Waals surface area contributed by atoms with Crippen LogP contribution in [0.25, 0.3) is 0 Å². The van der Waals surface area contributed by atoms with Crippen molar-refractivity contribution in [3.05, 3.63) is 16.5 Å². The van der Waals surface area contributed by atoms with Gasteiger partial charge in [-0.3, -0.25) is 0 Å². The number of hydrogen-bond donors (Lipinski definition) is 1. The lowest BCUT2D eigenvalue weighted by atomic mass is 10.1. The van der Waals surface area contributed by atoms with Crippen LogP contribution < -0.4 is 5.32 Å². The van der Waals surface area contributed by atoms with Crippen molar-refractivity contribution < 1.29 is 0 Å². The molecule has 1 aromatic rings. The first-order valence-electron chi connectivity index (χ1n) is 5.57. The maximum atomic E-state index is 4.57. The molecular weight excluding hydrogens is 254 g/mol. The molecule has 0 saturated heterocycles. The molecule has 0 atom stereocenters. The summed E-state index contributed by atoms with van der Waals surface area (Å²) in [7, 11) is 0. The second-order valence-electron chi connectivity index (χ2n) is 3.94. The predicted octanol–water partition coefficient (Wildman–Crippen LogP) is 3.33. The minimum absolute atomic E-state index is 0.579. The molecular formula is C11H16BrN3. The summed E-state index contributed by atoms with van der Waals surface area (Å²) in [6.45, 7) is 2.96. The van der Waals surface area contributed by atoms with Gasteiger partial charge in [-0.15, -0.1) is 0 Å². The number of nitrogens with one attached hydrogen (secondary N) is 1. The van der Waals surface area contributed by atoms with Crippen molar-refractivity contribution in [2.45, 2.75) is 38.5 Å². The first-order valence-corrected chi connectivity index (χ1v) is 6.37. The van der Waals surface area contributed by atoms with Gasteiger partial charge in [-0.1, -0.05) is 12.8 Å². The van der Waals surface area contributed by atoms with Crippen LogP contribution in [0.5, 0.6) is 0 Å². The van der Waals surface area contributed by atoms with Gasteiger partial charge in [0.15, 0.2) is 0 Å². The maximum Gasteiger partial charge on any atom is 0.144 e. The molecule has 1 aliphatic carbocycles. The second-order valence-corrected chi connectivity index (χ2v) is 4.79. The summed E-state index contributed by atoms with van der Waals surface area (Å²) < 4.78 is 0.950. The minimum atomic E-state index is 0.579. The van der Waals surface area contributed by atoms with Crippen LogP contribution in [0.2, 0.25) is 0 Å². The lowest BCUT2D eigenvalue weighted by molar-refractivity contribution is 0.667. The van der Waals surface area contributed by atoms with E-state index in [1.807, 2.05) is 6.20 Å². The maximum absolute atomic E-state index is 4.57. The van der Waals surface area contributed by atoms with E-state index in [0.717, 1.165) is 22.7 Å². The standard InChI is InChI=1S/C11H16BrN3/c1-2-13-11-9(12)7-14-10(15-11)8-5-3-4-6-8/h7-8H,2-6H2,1H3,(H,13,14,15). The van der Waals surface area contributed by atoms with Crippen molar-refractivity contribution in [3.8, 4) is 0 Å². The summed E-state index contributed by atoms with van der Waals surface area (Å²) in [6, 6.07) is 0. The van der Waals surface area contributed by atoms with E-state index in [2.05, 4.69) is 38.1 Å². The van der Waals surface area contributed by atoms with Crippen LogP contribution in [0.4, 0.5) is 5.82 Å². The zero-order valence-corrected chi connectivity index (χ0v) is 10.5. The van der Waals surface area contributed by atoms with Crippen molar-refractivity contribution in [1.82, 2.24) is 9.97 Å². The van der Waals surface area contributed by atoms with Crippen molar-refractivity contribution in [2.24, 2.45) is 0 Å². The van der Waals surface area contributed by atoms with Gasteiger partial charge in [0.05, 0.1) is 4.47 Å². The third-order valence-corrected chi connectivity index (χ3v) is 3.41. The van der Waals surface area contributed by atoms with Gasteiger partial charge in [0.1, 0.15) is 11.6 Å². The van der Waals surface area contributed by atoms with Gasteiger partial charge in [0.25, 0.3) is 0 Å². The SMILES string of the molecule is CCNc1nc(C2CCCC2)ncc1Br. The highest BCUT2D eigenvalue weighted by molar-refractivity contribution is 9.10. The number of nitrogens with zero attached hydrogens (tertiary/aromatic N) is 2. The Bertz CT molecular complexity index is 335. The zero-order chi connectivity index (χ0) is 10.7. The highest BCUT2D eigenvalue weighted by atomic mass is 79.9. The Balaban J connectivity index is 2.21. The van der Waals surface area contributed by atoms with E-state index in [9.17, 15) is 0 Å². The molecule has 1 fully saturated rings. The Kier molecular flexibility index (Phi) is 3.57. The lowest BCUT2D eigenvalue weighted by Crippen LogP contribution is -2.06. The van der Waals surface area contributed by atoms with Gasteiger partial charge in [0.2, 0.25) is 0 Å². The second kappa shape index (κ2) is 4.92. The molecule has 15 heavy (non-hydrogen) atoms. The first kappa shape index (κ1) is 10.9. The number of halogens is 1. The van der Waals surface area contributed by atoms with Gasteiger partial charge in [0, 0.05) is 18.7 Å². The first-order chi connectivity index (χ1) is 7.31. The molecule has 0 aromatic carbocycles. The number of hydrogen-bond acceptors (Lipinski definition) is 3. The average molecular weight is 270 g/mol. The molecule has 4 heteroatoms. The van der Waals surface area contributed by atoms with Crippen LogP contribution in [-0.2, 0) is 0 Å². The van der Waals surface area contributed by atoms with Gasteiger partial charge >= 0.3 is 0 Å². The van der Waals surface area contributed by atoms with E-state index < -0.39 is 0 Å². The Morgan fingerprint density at radius 1 is 1.47 bits per heavy atom. The normalized spacial score (nSPS) is 16.9. The van der Waals surface area contributed by atoms with Crippen LogP contribution in [0.1, 0.15) is 44.3 Å². The number of anilines is 1. The minimum Gasteiger partial charge on any atom is -0.369 e. The Morgan fingerprint density at radius 2 is 2.20 bits per heavy atom. The van der Waals surface area contributed by atoms with Gasteiger partial charge < -0.3 is 5.32 Å². The summed E-state index contributed by atoms with van der Waals surface area (Å²) in [6.07, 6.45) is 6.99. The highest BCUT2D eigenvalue weighted by Crippen LogP contribution is 2.33. The van der Waals surface area contributed by atoms with E-state index >= 15 is 0 Å². The van der Waals surface area contributed by atoms with Crippen LogP contribution in [0.3, 0.4) is 0 Å². The largest absolute Gasteiger partial charge is 0.369 e. The van der Waals surface area contributed by atoms with E-state index in [0.29, 0.717) is 5.92 Å². The molecule has 0 bridgehead atoms. The molecule has 0 amide bonds. The van der Waals surface area contributed by atoms with Gasteiger partial charge in [-0.25, -0.2) is 9.97 Å². The molecule has 2 rings (SSSR count). The Hall–Kier alpha value is -0.640. The molecule has 0 aliphatic heterocycles. The molecule has 0 spiro atoms.